The molecule has 0 amide bonds. The Hall–Kier alpha value is -1.18. The molecule has 108 valence electrons. The van der Waals surface area contributed by atoms with Gasteiger partial charge in [0, 0.05) is 25.2 Å². The van der Waals surface area contributed by atoms with Crippen LogP contribution in [0.4, 0.5) is 0 Å². The zero-order valence-corrected chi connectivity index (χ0v) is 12.3. The number of rotatable bonds is 9. The Balaban J connectivity index is 3.03. The van der Waals surface area contributed by atoms with Gasteiger partial charge in [-0.1, -0.05) is 19.9 Å². The Kier molecular flexibility index (Phi) is 6.20. The molecule has 1 heterocycles. The summed E-state index contributed by atoms with van der Waals surface area (Å²) >= 11 is 0. The van der Waals surface area contributed by atoms with Crippen molar-refractivity contribution < 1.29 is 8.42 Å². The van der Waals surface area contributed by atoms with Gasteiger partial charge < -0.3 is 5.32 Å². The molecule has 1 rings (SSSR count). The minimum Gasteiger partial charge on any atom is -0.313 e. The van der Waals surface area contributed by atoms with E-state index in [2.05, 4.69) is 22.1 Å². The molecule has 0 unspecified atom stereocenters. The van der Waals surface area contributed by atoms with Crippen LogP contribution in [0.15, 0.2) is 23.9 Å². The zero-order chi connectivity index (χ0) is 14.3. The van der Waals surface area contributed by atoms with E-state index >= 15 is 0 Å². The highest BCUT2D eigenvalue weighted by Crippen LogP contribution is 2.17. The molecule has 0 aliphatic heterocycles. The number of sulfonamides is 1. The van der Waals surface area contributed by atoms with E-state index < -0.39 is 10.0 Å². The maximum atomic E-state index is 12.5. The molecule has 0 aromatic carbocycles. The number of aromatic nitrogens is 2. The van der Waals surface area contributed by atoms with E-state index in [1.54, 1.807) is 12.3 Å². The lowest BCUT2D eigenvalue weighted by Crippen LogP contribution is -2.33. The highest BCUT2D eigenvalue weighted by atomic mass is 32.2. The monoisotopic (exact) mass is 286 g/mol. The second-order valence-electron chi connectivity index (χ2n) is 4.16. The van der Waals surface area contributed by atoms with Crippen LogP contribution in [0.2, 0.25) is 0 Å². The molecule has 0 aliphatic carbocycles. The number of nitrogens with one attached hydrogen (secondary N) is 2. The second kappa shape index (κ2) is 7.42. The fourth-order valence-electron chi connectivity index (χ4n) is 1.74. The molecule has 0 saturated heterocycles. The highest BCUT2D eigenvalue weighted by Gasteiger charge is 2.27. The number of hydrogen-bond donors (Lipinski definition) is 2. The maximum Gasteiger partial charge on any atom is 0.260 e. The minimum atomic E-state index is -3.54. The Morgan fingerprint density at radius 2 is 2.26 bits per heavy atom. The lowest BCUT2D eigenvalue weighted by Gasteiger charge is -2.19. The van der Waals surface area contributed by atoms with Gasteiger partial charge in [0.15, 0.2) is 5.03 Å². The van der Waals surface area contributed by atoms with Gasteiger partial charge in [-0.25, -0.2) is 8.42 Å². The highest BCUT2D eigenvalue weighted by molar-refractivity contribution is 7.89. The molecule has 1 aromatic rings. The smallest absolute Gasteiger partial charge is 0.260 e. The topological polar surface area (TPSA) is 78.1 Å². The lowest BCUT2D eigenvalue weighted by atomic mass is 10.3. The molecule has 0 bridgehead atoms. The van der Waals surface area contributed by atoms with Crippen LogP contribution in [0.1, 0.15) is 25.8 Å². The van der Waals surface area contributed by atoms with Gasteiger partial charge in [-0.2, -0.15) is 9.40 Å². The van der Waals surface area contributed by atoms with Crippen LogP contribution >= 0.6 is 0 Å². The van der Waals surface area contributed by atoms with Gasteiger partial charge in [0.2, 0.25) is 0 Å². The van der Waals surface area contributed by atoms with Crippen LogP contribution in [-0.2, 0) is 16.6 Å². The zero-order valence-electron chi connectivity index (χ0n) is 11.5. The van der Waals surface area contributed by atoms with E-state index in [4.69, 9.17) is 0 Å². The van der Waals surface area contributed by atoms with Gasteiger partial charge in [0.1, 0.15) is 0 Å². The van der Waals surface area contributed by atoms with Crippen molar-refractivity contribution in [2.45, 2.75) is 31.8 Å². The van der Waals surface area contributed by atoms with E-state index in [0.717, 1.165) is 13.0 Å². The van der Waals surface area contributed by atoms with Gasteiger partial charge in [0.25, 0.3) is 10.0 Å². The van der Waals surface area contributed by atoms with Crippen molar-refractivity contribution in [3.8, 4) is 0 Å². The average Bonchev–Trinajstić information content (AvgIpc) is 2.85. The van der Waals surface area contributed by atoms with E-state index in [1.165, 1.54) is 4.31 Å². The first-order valence-corrected chi connectivity index (χ1v) is 7.85. The molecule has 7 heteroatoms. The van der Waals surface area contributed by atoms with Crippen molar-refractivity contribution in [2.24, 2.45) is 0 Å². The number of H-pyrrole nitrogens is 1. The quantitative estimate of drug-likeness (QED) is 0.667. The van der Waals surface area contributed by atoms with Crippen LogP contribution in [0, 0.1) is 0 Å². The summed E-state index contributed by atoms with van der Waals surface area (Å²) in [5.74, 6) is 0. The van der Waals surface area contributed by atoms with Crippen LogP contribution in [0.25, 0.3) is 0 Å². The summed E-state index contributed by atoms with van der Waals surface area (Å²) < 4.78 is 26.5. The van der Waals surface area contributed by atoms with Crippen molar-refractivity contribution >= 4 is 10.0 Å². The van der Waals surface area contributed by atoms with Crippen molar-refractivity contribution in [3.05, 3.63) is 24.4 Å². The van der Waals surface area contributed by atoms with Crippen molar-refractivity contribution in [2.75, 3.05) is 19.6 Å². The van der Waals surface area contributed by atoms with Crippen LogP contribution < -0.4 is 5.32 Å². The van der Waals surface area contributed by atoms with E-state index in [-0.39, 0.29) is 5.03 Å². The Morgan fingerprint density at radius 3 is 2.84 bits per heavy atom. The third-order valence-corrected chi connectivity index (χ3v) is 4.53. The van der Waals surface area contributed by atoms with E-state index in [1.807, 2.05) is 13.8 Å². The predicted octanol–water partition coefficient (Wildman–Crippen LogP) is 1.11. The standard InChI is InChI=1S/C12H22N4O2S/c1-4-7-16(8-5-2)19(17,18)12-11(9-13-6-3)10-14-15-12/h4,10,13H,1,5-9H2,2-3H3,(H,14,15). The predicted molar refractivity (Wildman–Crippen MR) is 75.2 cm³/mol. The van der Waals surface area contributed by atoms with Crippen molar-refractivity contribution in [3.63, 3.8) is 0 Å². The van der Waals surface area contributed by atoms with Crippen LogP contribution in [0.3, 0.4) is 0 Å². The molecular weight excluding hydrogens is 264 g/mol. The molecule has 0 aliphatic rings. The summed E-state index contributed by atoms with van der Waals surface area (Å²) in [6.07, 6.45) is 3.89. The number of hydrogen-bond acceptors (Lipinski definition) is 4. The van der Waals surface area contributed by atoms with Crippen LogP contribution in [0.5, 0.6) is 0 Å². The summed E-state index contributed by atoms with van der Waals surface area (Å²) in [6.45, 7) is 9.54. The van der Waals surface area contributed by atoms with E-state index in [9.17, 15) is 8.42 Å². The molecule has 6 nitrogen and oxygen atoms in total. The van der Waals surface area contributed by atoms with Crippen molar-refractivity contribution in [1.82, 2.24) is 19.8 Å². The van der Waals surface area contributed by atoms with Gasteiger partial charge in [-0.15, -0.1) is 6.58 Å². The Bertz CT molecular complexity index is 496. The molecule has 0 radical (unpaired) electrons. The first kappa shape index (κ1) is 15.9. The molecule has 0 spiro atoms. The fraction of sp³-hybridized carbons (Fsp3) is 0.583. The summed E-state index contributed by atoms with van der Waals surface area (Å²) in [7, 11) is -3.54. The third-order valence-electron chi connectivity index (χ3n) is 2.65. The normalized spacial score (nSPS) is 11.9. The van der Waals surface area contributed by atoms with Gasteiger partial charge in [-0.05, 0) is 13.0 Å². The minimum absolute atomic E-state index is 0.170. The molecular formula is C12H22N4O2S. The Morgan fingerprint density at radius 1 is 1.53 bits per heavy atom. The molecule has 0 atom stereocenters. The SMILES string of the molecule is C=CCN(CCC)S(=O)(=O)c1[nH]ncc1CNCC. The lowest BCUT2D eigenvalue weighted by molar-refractivity contribution is 0.438. The molecule has 0 saturated carbocycles. The number of aromatic amines is 1. The summed E-state index contributed by atoms with van der Waals surface area (Å²) in [6, 6.07) is 0. The molecule has 2 N–H and O–H groups in total. The molecule has 19 heavy (non-hydrogen) atoms. The summed E-state index contributed by atoms with van der Waals surface area (Å²) in [5, 5.41) is 9.72. The first-order chi connectivity index (χ1) is 9.07. The Labute approximate surface area is 114 Å². The third kappa shape index (κ3) is 3.89. The largest absolute Gasteiger partial charge is 0.313 e. The first-order valence-electron chi connectivity index (χ1n) is 6.41. The summed E-state index contributed by atoms with van der Waals surface area (Å²) in [4.78, 5) is 0. The number of nitrogens with zero attached hydrogens (tertiary/aromatic N) is 2. The second-order valence-corrected chi connectivity index (χ2v) is 6.03. The maximum absolute atomic E-state index is 12.5. The fourth-order valence-corrected chi connectivity index (χ4v) is 3.35. The molecule has 0 fully saturated rings. The van der Waals surface area contributed by atoms with Gasteiger partial charge >= 0.3 is 0 Å². The van der Waals surface area contributed by atoms with Gasteiger partial charge in [0.05, 0.1) is 6.20 Å². The van der Waals surface area contributed by atoms with Gasteiger partial charge in [-0.3, -0.25) is 5.10 Å². The van der Waals surface area contributed by atoms with Crippen LogP contribution in [-0.4, -0.2) is 42.6 Å². The molecule has 1 aromatic heterocycles. The average molecular weight is 286 g/mol. The van der Waals surface area contributed by atoms with E-state index in [0.29, 0.717) is 25.2 Å². The van der Waals surface area contributed by atoms with Crippen molar-refractivity contribution in [1.29, 1.82) is 0 Å². The summed E-state index contributed by atoms with van der Waals surface area (Å²) in [5.41, 5.74) is 0.659.